The SMILES string of the molecule is CC(O)CCNCC(=O)NC(C)C(C)C. The molecule has 0 aromatic heterocycles. The molecule has 1 amide bonds. The van der Waals surface area contributed by atoms with Gasteiger partial charge in [-0.25, -0.2) is 0 Å². The van der Waals surface area contributed by atoms with Gasteiger partial charge in [0, 0.05) is 6.04 Å². The highest BCUT2D eigenvalue weighted by Gasteiger charge is 2.09. The molecule has 15 heavy (non-hydrogen) atoms. The molecule has 0 radical (unpaired) electrons. The van der Waals surface area contributed by atoms with Crippen LogP contribution in [0.15, 0.2) is 0 Å². The van der Waals surface area contributed by atoms with E-state index in [9.17, 15) is 4.79 Å². The molecule has 0 aliphatic carbocycles. The number of nitrogens with one attached hydrogen (secondary N) is 2. The number of aliphatic hydroxyl groups excluding tert-OH is 1. The summed E-state index contributed by atoms with van der Waals surface area (Å²) in [6.07, 6.45) is 0.364. The number of hydrogen-bond donors (Lipinski definition) is 3. The molecule has 0 spiro atoms. The van der Waals surface area contributed by atoms with Crippen LogP contribution in [0.4, 0.5) is 0 Å². The largest absolute Gasteiger partial charge is 0.393 e. The molecule has 0 heterocycles. The Hall–Kier alpha value is -0.610. The summed E-state index contributed by atoms with van der Waals surface area (Å²) in [7, 11) is 0. The highest BCUT2D eigenvalue weighted by atomic mass is 16.3. The first kappa shape index (κ1) is 14.4. The fourth-order valence-electron chi connectivity index (χ4n) is 0.985. The summed E-state index contributed by atoms with van der Waals surface area (Å²) in [5, 5.41) is 14.9. The van der Waals surface area contributed by atoms with Crippen molar-refractivity contribution in [3.8, 4) is 0 Å². The number of carbonyl (C=O) groups excluding carboxylic acids is 1. The summed E-state index contributed by atoms with van der Waals surface area (Å²) in [5.74, 6) is 0.466. The predicted octanol–water partition coefficient (Wildman–Crippen LogP) is 0.508. The minimum absolute atomic E-state index is 0.0155. The van der Waals surface area contributed by atoms with Gasteiger partial charge in [0.1, 0.15) is 0 Å². The lowest BCUT2D eigenvalue weighted by molar-refractivity contribution is -0.121. The number of hydrogen-bond acceptors (Lipinski definition) is 3. The van der Waals surface area contributed by atoms with Crippen LogP contribution in [0.25, 0.3) is 0 Å². The lowest BCUT2D eigenvalue weighted by Gasteiger charge is -2.17. The Kier molecular flexibility index (Phi) is 7.34. The summed E-state index contributed by atoms with van der Waals surface area (Å²) in [6, 6.07) is 0.205. The van der Waals surface area contributed by atoms with E-state index < -0.39 is 0 Å². The van der Waals surface area contributed by atoms with Gasteiger partial charge in [-0.1, -0.05) is 13.8 Å². The van der Waals surface area contributed by atoms with E-state index in [1.807, 2.05) is 6.92 Å². The Balaban J connectivity index is 3.49. The maximum atomic E-state index is 11.4. The van der Waals surface area contributed by atoms with Gasteiger partial charge >= 0.3 is 0 Å². The van der Waals surface area contributed by atoms with E-state index >= 15 is 0 Å². The van der Waals surface area contributed by atoms with Crippen LogP contribution < -0.4 is 10.6 Å². The third-order valence-corrected chi connectivity index (χ3v) is 2.41. The lowest BCUT2D eigenvalue weighted by Crippen LogP contribution is -2.41. The maximum absolute atomic E-state index is 11.4. The van der Waals surface area contributed by atoms with Gasteiger partial charge in [-0.3, -0.25) is 4.79 Å². The zero-order valence-electron chi connectivity index (χ0n) is 10.2. The molecule has 0 bridgehead atoms. The van der Waals surface area contributed by atoms with E-state index in [2.05, 4.69) is 24.5 Å². The number of aliphatic hydroxyl groups is 1. The predicted molar refractivity (Wildman–Crippen MR) is 61.6 cm³/mol. The van der Waals surface area contributed by atoms with E-state index in [0.29, 0.717) is 25.4 Å². The van der Waals surface area contributed by atoms with Crippen molar-refractivity contribution < 1.29 is 9.90 Å². The molecular weight excluding hydrogens is 192 g/mol. The molecule has 4 nitrogen and oxygen atoms in total. The van der Waals surface area contributed by atoms with E-state index in [4.69, 9.17) is 5.11 Å². The first-order chi connectivity index (χ1) is 6.93. The van der Waals surface area contributed by atoms with E-state index in [-0.39, 0.29) is 18.1 Å². The van der Waals surface area contributed by atoms with Crippen LogP contribution in [0.3, 0.4) is 0 Å². The normalized spacial score (nSPS) is 15.1. The van der Waals surface area contributed by atoms with Gasteiger partial charge in [0.15, 0.2) is 0 Å². The van der Waals surface area contributed by atoms with Gasteiger partial charge in [0.25, 0.3) is 0 Å². The smallest absolute Gasteiger partial charge is 0.234 e. The zero-order valence-corrected chi connectivity index (χ0v) is 10.2. The molecule has 0 fully saturated rings. The summed E-state index contributed by atoms with van der Waals surface area (Å²) in [6.45, 7) is 8.88. The first-order valence-electron chi connectivity index (χ1n) is 5.61. The van der Waals surface area contributed by atoms with Crippen molar-refractivity contribution in [2.45, 2.75) is 46.3 Å². The van der Waals surface area contributed by atoms with Crippen LogP contribution in [-0.4, -0.2) is 36.2 Å². The Morgan fingerprint density at radius 3 is 2.33 bits per heavy atom. The Morgan fingerprint density at radius 1 is 1.27 bits per heavy atom. The Labute approximate surface area is 92.4 Å². The standard InChI is InChI=1S/C11H24N2O2/c1-8(2)10(4)13-11(15)7-12-6-5-9(3)14/h8-10,12,14H,5-7H2,1-4H3,(H,13,15). The highest BCUT2D eigenvalue weighted by Crippen LogP contribution is 1.98. The van der Waals surface area contributed by atoms with Gasteiger partial charge in [0.05, 0.1) is 12.6 Å². The highest BCUT2D eigenvalue weighted by molar-refractivity contribution is 5.78. The van der Waals surface area contributed by atoms with Crippen molar-refractivity contribution in [2.75, 3.05) is 13.1 Å². The van der Waals surface area contributed by atoms with Crippen molar-refractivity contribution in [1.82, 2.24) is 10.6 Å². The van der Waals surface area contributed by atoms with E-state index in [1.54, 1.807) is 6.92 Å². The minimum Gasteiger partial charge on any atom is -0.393 e. The van der Waals surface area contributed by atoms with E-state index in [1.165, 1.54) is 0 Å². The number of carbonyl (C=O) groups is 1. The zero-order chi connectivity index (χ0) is 11.8. The second-order valence-electron chi connectivity index (χ2n) is 4.41. The average Bonchev–Trinajstić information content (AvgIpc) is 2.12. The summed E-state index contributed by atoms with van der Waals surface area (Å²) >= 11 is 0. The first-order valence-corrected chi connectivity index (χ1v) is 5.61. The maximum Gasteiger partial charge on any atom is 0.234 e. The molecule has 0 aromatic rings. The third kappa shape index (κ3) is 8.39. The van der Waals surface area contributed by atoms with Crippen LogP contribution in [0.1, 0.15) is 34.1 Å². The van der Waals surface area contributed by atoms with E-state index in [0.717, 1.165) is 0 Å². The molecule has 3 N–H and O–H groups in total. The third-order valence-electron chi connectivity index (χ3n) is 2.41. The van der Waals surface area contributed by atoms with Crippen LogP contribution in [0, 0.1) is 5.92 Å². The second-order valence-corrected chi connectivity index (χ2v) is 4.41. The van der Waals surface area contributed by atoms with Crippen molar-refractivity contribution in [3.63, 3.8) is 0 Å². The molecule has 2 unspecified atom stereocenters. The van der Waals surface area contributed by atoms with Gasteiger partial charge in [0.2, 0.25) is 5.91 Å². The molecular formula is C11H24N2O2. The van der Waals surface area contributed by atoms with Gasteiger partial charge in [-0.05, 0) is 32.7 Å². The molecule has 0 rings (SSSR count). The fourth-order valence-corrected chi connectivity index (χ4v) is 0.985. The topological polar surface area (TPSA) is 61.4 Å². The molecule has 4 heteroatoms. The quantitative estimate of drug-likeness (QED) is 0.543. The Bertz CT molecular complexity index is 181. The summed E-state index contributed by atoms with van der Waals surface area (Å²) in [4.78, 5) is 11.4. The summed E-state index contributed by atoms with van der Waals surface area (Å²) < 4.78 is 0. The number of rotatable bonds is 7. The van der Waals surface area contributed by atoms with Crippen LogP contribution in [-0.2, 0) is 4.79 Å². The molecule has 0 aliphatic heterocycles. The minimum atomic E-state index is -0.310. The molecule has 2 atom stereocenters. The second kappa shape index (κ2) is 7.65. The fraction of sp³-hybridized carbons (Fsp3) is 0.909. The molecule has 0 aliphatic rings. The van der Waals surface area contributed by atoms with Crippen LogP contribution in [0.5, 0.6) is 0 Å². The van der Waals surface area contributed by atoms with Crippen molar-refractivity contribution in [1.29, 1.82) is 0 Å². The van der Waals surface area contributed by atoms with Crippen LogP contribution in [0.2, 0.25) is 0 Å². The van der Waals surface area contributed by atoms with Crippen molar-refractivity contribution >= 4 is 5.91 Å². The monoisotopic (exact) mass is 216 g/mol. The average molecular weight is 216 g/mol. The lowest BCUT2D eigenvalue weighted by atomic mass is 10.1. The molecule has 0 aromatic carbocycles. The van der Waals surface area contributed by atoms with Gasteiger partial charge in [-0.15, -0.1) is 0 Å². The molecule has 0 saturated heterocycles. The van der Waals surface area contributed by atoms with Crippen LogP contribution >= 0.6 is 0 Å². The Morgan fingerprint density at radius 2 is 1.87 bits per heavy atom. The molecule has 0 saturated carbocycles. The molecule has 90 valence electrons. The van der Waals surface area contributed by atoms with Gasteiger partial charge < -0.3 is 15.7 Å². The van der Waals surface area contributed by atoms with Gasteiger partial charge in [-0.2, -0.15) is 0 Å². The number of amides is 1. The van der Waals surface area contributed by atoms with Crippen molar-refractivity contribution in [3.05, 3.63) is 0 Å². The van der Waals surface area contributed by atoms with Crippen molar-refractivity contribution in [2.24, 2.45) is 5.92 Å². The summed E-state index contributed by atoms with van der Waals surface area (Å²) in [5.41, 5.74) is 0.